The second-order valence-electron chi connectivity index (χ2n) is 8.38. The molecule has 6 heteroatoms. The summed E-state index contributed by atoms with van der Waals surface area (Å²) in [4.78, 5) is 27.2. The van der Waals surface area contributed by atoms with E-state index in [1.54, 1.807) is 0 Å². The summed E-state index contributed by atoms with van der Waals surface area (Å²) in [7, 11) is 0. The second kappa shape index (κ2) is 9.32. The molecule has 4 rings (SSSR count). The van der Waals surface area contributed by atoms with E-state index in [9.17, 15) is 9.59 Å². The molecule has 170 valence electrons. The van der Waals surface area contributed by atoms with E-state index in [2.05, 4.69) is 49.6 Å². The van der Waals surface area contributed by atoms with E-state index in [1.807, 2.05) is 44.2 Å². The van der Waals surface area contributed by atoms with Crippen LogP contribution in [-0.4, -0.2) is 33.8 Å². The standard InChI is InChI=1S/C27H28N2O3S/c1-17-8-6-10-23(14-17)32-13-12-28-26(30)25(33-27(28)31)16-22-15-19(3)29(21(22)5)24-11-7-9-18(2)20(24)4/h6-11,14-16H,12-13H2,1-5H3/b25-16-. The van der Waals surface area contributed by atoms with E-state index in [4.69, 9.17) is 4.74 Å². The molecule has 0 N–H and O–H groups in total. The summed E-state index contributed by atoms with van der Waals surface area (Å²) in [5.74, 6) is 0.464. The fourth-order valence-corrected chi connectivity index (χ4v) is 4.93. The number of carbonyl (C=O) groups is 2. The predicted molar refractivity (Wildman–Crippen MR) is 134 cm³/mol. The number of imide groups is 1. The molecule has 2 amide bonds. The van der Waals surface area contributed by atoms with Gasteiger partial charge in [0.05, 0.1) is 11.4 Å². The van der Waals surface area contributed by atoms with E-state index >= 15 is 0 Å². The number of hydrogen-bond acceptors (Lipinski definition) is 4. The molecule has 0 radical (unpaired) electrons. The zero-order valence-corrected chi connectivity index (χ0v) is 20.5. The van der Waals surface area contributed by atoms with E-state index < -0.39 is 0 Å². The largest absolute Gasteiger partial charge is 0.492 e. The van der Waals surface area contributed by atoms with Gasteiger partial charge in [-0.1, -0.05) is 24.3 Å². The van der Waals surface area contributed by atoms with Gasteiger partial charge < -0.3 is 9.30 Å². The van der Waals surface area contributed by atoms with Gasteiger partial charge in [0.2, 0.25) is 0 Å². The van der Waals surface area contributed by atoms with Crippen molar-refractivity contribution < 1.29 is 14.3 Å². The highest BCUT2D eigenvalue weighted by Crippen LogP contribution is 2.34. The van der Waals surface area contributed by atoms with Gasteiger partial charge in [0, 0.05) is 17.1 Å². The Morgan fingerprint density at radius 3 is 2.48 bits per heavy atom. The van der Waals surface area contributed by atoms with Gasteiger partial charge in [-0.05, 0) is 99.0 Å². The number of thioether (sulfide) groups is 1. The fraction of sp³-hybridized carbons (Fsp3) is 0.259. The highest BCUT2D eigenvalue weighted by Gasteiger charge is 2.35. The van der Waals surface area contributed by atoms with Crippen molar-refractivity contribution in [3.63, 3.8) is 0 Å². The molecule has 3 aromatic rings. The average Bonchev–Trinajstić information content (AvgIpc) is 3.19. The summed E-state index contributed by atoms with van der Waals surface area (Å²) in [5.41, 5.74) is 7.74. The predicted octanol–water partition coefficient (Wildman–Crippen LogP) is 6.13. The maximum atomic E-state index is 12.9. The zero-order valence-electron chi connectivity index (χ0n) is 19.6. The Bertz CT molecular complexity index is 1270. The maximum Gasteiger partial charge on any atom is 0.293 e. The third-order valence-corrected chi connectivity index (χ3v) is 6.93. The van der Waals surface area contributed by atoms with Crippen molar-refractivity contribution in [2.24, 2.45) is 0 Å². The first-order chi connectivity index (χ1) is 15.8. The Balaban J connectivity index is 1.52. The smallest absolute Gasteiger partial charge is 0.293 e. The number of amides is 2. The number of aryl methyl sites for hydroxylation is 3. The Hall–Kier alpha value is -3.25. The highest BCUT2D eigenvalue weighted by molar-refractivity contribution is 8.18. The molecule has 0 bridgehead atoms. The van der Waals surface area contributed by atoms with Gasteiger partial charge in [-0.3, -0.25) is 14.5 Å². The lowest BCUT2D eigenvalue weighted by atomic mass is 10.1. The highest BCUT2D eigenvalue weighted by atomic mass is 32.2. The molecule has 0 aliphatic carbocycles. The fourth-order valence-electron chi connectivity index (χ4n) is 4.08. The SMILES string of the molecule is Cc1cccc(OCCN2C(=O)S/C(=C\c3cc(C)n(-c4cccc(C)c4C)c3C)C2=O)c1. The molecule has 0 spiro atoms. The molecule has 0 unspecified atom stereocenters. The molecule has 33 heavy (non-hydrogen) atoms. The van der Waals surface area contributed by atoms with Gasteiger partial charge in [0.15, 0.2) is 0 Å². The Labute approximate surface area is 199 Å². The number of rotatable bonds is 6. The molecule has 2 heterocycles. The molecule has 5 nitrogen and oxygen atoms in total. The minimum atomic E-state index is -0.269. The summed E-state index contributed by atoms with van der Waals surface area (Å²) < 4.78 is 7.93. The Morgan fingerprint density at radius 2 is 1.73 bits per heavy atom. The zero-order chi connectivity index (χ0) is 23.7. The number of carbonyl (C=O) groups excluding carboxylic acids is 2. The van der Waals surface area contributed by atoms with Crippen molar-refractivity contribution in [3.8, 4) is 11.4 Å². The number of ether oxygens (including phenoxy) is 1. The molecule has 1 saturated heterocycles. The van der Waals surface area contributed by atoms with Crippen LogP contribution in [0, 0.1) is 34.6 Å². The Morgan fingerprint density at radius 1 is 0.970 bits per heavy atom. The van der Waals surface area contributed by atoms with Gasteiger partial charge >= 0.3 is 0 Å². The lowest BCUT2D eigenvalue weighted by Gasteiger charge is -2.14. The summed E-state index contributed by atoms with van der Waals surface area (Å²) in [6.07, 6.45) is 1.83. The molecule has 1 aliphatic rings. The number of aromatic nitrogens is 1. The van der Waals surface area contributed by atoms with Crippen LogP contribution in [0.1, 0.15) is 33.6 Å². The van der Waals surface area contributed by atoms with Gasteiger partial charge in [0.25, 0.3) is 11.1 Å². The quantitative estimate of drug-likeness (QED) is 0.415. The van der Waals surface area contributed by atoms with E-state index in [0.29, 0.717) is 4.91 Å². The van der Waals surface area contributed by atoms with Crippen molar-refractivity contribution in [1.82, 2.24) is 9.47 Å². The van der Waals surface area contributed by atoms with Crippen LogP contribution in [0.2, 0.25) is 0 Å². The van der Waals surface area contributed by atoms with Crippen LogP contribution in [0.5, 0.6) is 5.75 Å². The third-order valence-electron chi connectivity index (χ3n) is 6.02. The van der Waals surface area contributed by atoms with Crippen molar-refractivity contribution in [2.45, 2.75) is 34.6 Å². The summed E-state index contributed by atoms with van der Waals surface area (Å²) in [6.45, 7) is 10.8. The van der Waals surface area contributed by atoms with Crippen LogP contribution in [0.25, 0.3) is 11.8 Å². The van der Waals surface area contributed by atoms with Crippen LogP contribution in [0.4, 0.5) is 4.79 Å². The first-order valence-corrected chi connectivity index (χ1v) is 11.8. The molecule has 1 aromatic heterocycles. The number of nitrogens with zero attached hydrogens (tertiary/aromatic N) is 2. The summed E-state index contributed by atoms with van der Waals surface area (Å²) >= 11 is 0.984. The van der Waals surface area contributed by atoms with E-state index in [1.165, 1.54) is 16.0 Å². The molecular formula is C27H28N2O3S. The topological polar surface area (TPSA) is 51.5 Å². The van der Waals surface area contributed by atoms with E-state index in [-0.39, 0.29) is 24.3 Å². The van der Waals surface area contributed by atoms with Gasteiger partial charge in [-0.2, -0.15) is 0 Å². The van der Waals surface area contributed by atoms with Crippen LogP contribution in [0.3, 0.4) is 0 Å². The molecular weight excluding hydrogens is 432 g/mol. The molecule has 0 atom stereocenters. The third kappa shape index (κ3) is 4.62. The maximum absolute atomic E-state index is 12.9. The number of benzene rings is 2. The normalized spacial score (nSPS) is 15.1. The van der Waals surface area contributed by atoms with Crippen LogP contribution in [0.15, 0.2) is 53.4 Å². The van der Waals surface area contributed by atoms with Crippen LogP contribution >= 0.6 is 11.8 Å². The summed E-state index contributed by atoms with van der Waals surface area (Å²) in [5, 5.41) is -0.262. The van der Waals surface area contributed by atoms with E-state index in [0.717, 1.165) is 45.7 Å². The second-order valence-corrected chi connectivity index (χ2v) is 9.37. The first kappa shape index (κ1) is 22.9. The van der Waals surface area contributed by atoms with Gasteiger partial charge in [-0.25, -0.2) is 0 Å². The lowest BCUT2D eigenvalue weighted by Crippen LogP contribution is -2.32. The molecule has 2 aromatic carbocycles. The Kier molecular flexibility index (Phi) is 6.47. The molecule has 1 fully saturated rings. The van der Waals surface area contributed by atoms with Crippen LogP contribution < -0.4 is 4.74 Å². The molecule has 0 saturated carbocycles. The number of hydrogen-bond donors (Lipinski definition) is 0. The minimum Gasteiger partial charge on any atom is -0.492 e. The van der Waals surface area contributed by atoms with Gasteiger partial charge in [-0.15, -0.1) is 0 Å². The van der Waals surface area contributed by atoms with Crippen molar-refractivity contribution in [3.05, 3.63) is 87.1 Å². The van der Waals surface area contributed by atoms with Crippen LogP contribution in [-0.2, 0) is 4.79 Å². The van der Waals surface area contributed by atoms with Gasteiger partial charge in [0.1, 0.15) is 12.4 Å². The van der Waals surface area contributed by atoms with Crippen molar-refractivity contribution >= 4 is 29.0 Å². The first-order valence-electron chi connectivity index (χ1n) is 11.0. The molecule has 1 aliphatic heterocycles. The van der Waals surface area contributed by atoms with Crippen molar-refractivity contribution in [1.29, 1.82) is 0 Å². The minimum absolute atomic E-state index is 0.220. The lowest BCUT2D eigenvalue weighted by molar-refractivity contribution is -0.123. The van der Waals surface area contributed by atoms with Crippen molar-refractivity contribution in [2.75, 3.05) is 13.2 Å². The monoisotopic (exact) mass is 460 g/mol. The average molecular weight is 461 g/mol. The summed E-state index contributed by atoms with van der Waals surface area (Å²) in [6, 6.07) is 16.0.